The van der Waals surface area contributed by atoms with Crippen LogP contribution >= 0.6 is 0 Å². The van der Waals surface area contributed by atoms with Gasteiger partial charge < -0.3 is 24.8 Å². The number of aliphatic hydroxyl groups is 1. The Kier molecular flexibility index (Phi) is 7.47. The lowest BCUT2D eigenvalue weighted by molar-refractivity contribution is -0.125. The van der Waals surface area contributed by atoms with Crippen molar-refractivity contribution < 1.29 is 23.8 Å². The number of allylic oxidation sites excluding steroid dienone is 1. The van der Waals surface area contributed by atoms with E-state index in [4.69, 9.17) is 9.47 Å². The standard InChI is InChI=1S/C22H30FN3O4/c1-17(27)24-22(29-2)9-7-19(8-10-22)30-16-18(28)15-25-11-13-26(14-12-25)21-6-4-3-5-20(21)23/h3-9,18,28H,10-16H2,1-2H3,(H,24,27). The highest BCUT2D eigenvalue weighted by molar-refractivity contribution is 5.74. The molecule has 1 heterocycles. The van der Waals surface area contributed by atoms with Crippen LogP contribution in [0.5, 0.6) is 0 Å². The van der Waals surface area contributed by atoms with Gasteiger partial charge in [0.25, 0.3) is 0 Å². The maximum Gasteiger partial charge on any atom is 0.219 e. The largest absolute Gasteiger partial charge is 0.491 e. The maximum absolute atomic E-state index is 13.9. The van der Waals surface area contributed by atoms with Gasteiger partial charge in [-0.15, -0.1) is 0 Å². The van der Waals surface area contributed by atoms with E-state index < -0.39 is 11.8 Å². The molecule has 0 aromatic heterocycles. The number of carbonyl (C=O) groups excluding carboxylic acids is 1. The van der Waals surface area contributed by atoms with Crippen molar-refractivity contribution in [1.82, 2.24) is 10.2 Å². The van der Waals surface area contributed by atoms with E-state index in [0.29, 0.717) is 37.5 Å². The van der Waals surface area contributed by atoms with Crippen LogP contribution < -0.4 is 10.2 Å². The van der Waals surface area contributed by atoms with Gasteiger partial charge in [0.15, 0.2) is 5.72 Å². The number of halogens is 1. The van der Waals surface area contributed by atoms with Crippen LogP contribution in [0.15, 0.2) is 48.3 Å². The van der Waals surface area contributed by atoms with Crippen LogP contribution in [-0.2, 0) is 14.3 Å². The van der Waals surface area contributed by atoms with E-state index in [1.807, 2.05) is 17.0 Å². The van der Waals surface area contributed by atoms with Gasteiger partial charge >= 0.3 is 0 Å². The molecule has 2 unspecified atom stereocenters. The minimum absolute atomic E-state index is 0.170. The van der Waals surface area contributed by atoms with Gasteiger partial charge in [-0.25, -0.2) is 4.39 Å². The number of nitrogens with zero attached hydrogens (tertiary/aromatic N) is 2. The quantitative estimate of drug-likeness (QED) is 0.625. The normalized spacial score (nSPS) is 23.1. The first-order valence-electron chi connectivity index (χ1n) is 10.2. The zero-order valence-electron chi connectivity index (χ0n) is 17.5. The van der Waals surface area contributed by atoms with E-state index in [9.17, 15) is 14.3 Å². The summed E-state index contributed by atoms with van der Waals surface area (Å²) in [6, 6.07) is 6.80. The summed E-state index contributed by atoms with van der Waals surface area (Å²) in [5, 5.41) is 13.1. The monoisotopic (exact) mass is 419 g/mol. The molecule has 164 valence electrons. The van der Waals surface area contributed by atoms with Gasteiger partial charge in [-0.1, -0.05) is 12.1 Å². The molecule has 0 radical (unpaired) electrons. The van der Waals surface area contributed by atoms with Crippen molar-refractivity contribution >= 4 is 11.6 Å². The fourth-order valence-corrected chi connectivity index (χ4v) is 3.73. The predicted molar refractivity (Wildman–Crippen MR) is 112 cm³/mol. The van der Waals surface area contributed by atoms with E-state index in [-0.39, 0.29) is 18.3 Å². The maximum atomic E-state index is 13.9. The molecule has 7 nitrogen and oxygen atoms in total. The average Bonchev–Trinajstić information content (AvgIpc) is 2.74. The van der Waals surface area contributed by atoms with E-state index in [1.54, 1.807) is 24.3 Å². The highest BCUT2D eigenvalue weighted by atomic mass is 19.1. The molecule has 1 aromatic carbocycles. The highest BCUT2D eigenvalue weighted by Gasteiger charge is 2.29. The SMILES string of the molecule is COC1(NC(C)=O)C=CC(OCC(O)CN2CCN(c3ccccc3F)CC2)=CC1. The van der Waals surface area contributed by atoms with Crippen molar-refractivity contribution in [3.63, 3.8) is 0 Å². The lowest BCUT2D eigenvalue weighted by atomic mass is 10.0. The molecule has 2 N–H and O–H groups in total. The summed E-state index contributed by atoms with van der Waals surface area (Å²) in [4.78, 5) is 15.5. The summed E-state index contributed by atoms with van der Waals surface area (Å²) in [7, 11) is 1.54. The number of β-amino-alcohol motifs (C(OH)–C–C–N with tert-alkyl or cyclic N) is 1. The molecule has 1 aliphatic carbocycles. The number of hydrogen-bond acceptors (Lipinski definition) is 6. The highest BCUT2D eigenvalue weighted by Crippen LogP contribution is 2.23. The Morgan fingerprint density at radius 2 is 2.03 bits per heavy atom. The Morgan fingerprint density at radius 1 is 1.30 bits per heavy atom. The van der Waals surface area contributed by atoms with Crippen molar-refractivity contribution in [1.29, 1.82) is 0 Å². The summed E-state index contributed by atoms with van der Waals surface area (Å²) in [6.07, 6.45) is 5.13. The molecule has 1 amide bonds. The van der Waals surface area contributed by atoms with Crippen LogP contribution in [0.25, 0.3) is 0 Å². The van der Waals surface area contributed by atoms with Crippen LogP contribution in [0, 0.1) is 5.82 Å². The second-order valence-electron chi connectivity index (χ2n) is 7.62. The van der Waals surface area contributed by atoms with Gasteiger partial charge in [-0.3, -0.25) is 9.69 Å². The van der Waals surface area contributed by atoms with E-state index in [0.717, 1.165) is 13.1 Å². The lowest BCUT2D eigenvalue weighted by Gasteiger charge is -2.37. The number of methoxy groups -OCH3 is 1. The third-order valence-electron chi connectivity index (χ3n) is 5.35. The molecule has 3 rings (SSSR count). The van der Waals surface area contributed by atoms with Crippen molar-refractivity contribution in [2.24, 2.45) is 0 Å². The number of rotatable bonds is 8. The lowest BCUT2D eigenvalue weighted by Crippen LogP contribution is -2.49. The molecule has 0 spiro atoms. The number of ether oxygens (including phenoxy) is 2. The van der Waals surface area contributed by atoms with Crippen LogP contribution in [0.4, 0.5) is 10.1 Å². The fraction of sp³-hybridized carbons (Fsp3) is 0.500. The van der Waals surface area contributed by atoms with Crippen molar-refractivity contribution in [3.05, 3.63) is 54.1 Å². The molecule has 0 saturated carbocycles. The zero-order valence-corrected chi connectivity index (χ0v) is 17.5. The Labute approximate surface area is 176 Å². The summed E-state index contributed by atoms with van der Waals surface area (Å²) < 4.78 is 25.1. The number of aliphatic hydroxyl groups excluding tert-OH is 1. The minimum Gasteiger partial charge on any atom is -0.491 e. The van der Waals surface area contributed by atoms with Crippen LogP contribution in [0.3, 0.4) is 0 Å². The molecule has 1 saturated heterocycles. The Morgan fingerprint density at radius 3 is 2.63 bits per heavy atom. The Bertz CT molecular complexity index is 792. The summed E-state index contributed by atoms with van der Waals surface area (Å²) in [5.41, 5.74) is -0.224. The van der Waals surface area contributed by atoms with Gasteiger partial charge in [-0.05, 0) is 30.4 Å². The van der Waals surface area contributed by atoms with Crippen molar-refractivity contribution in [2.45, 2.75) is 25.2 Å². The van der Waals surface area contributed by atoms with Crippen LogP contribution in [0.2, 0.25) is 0 Å². The molecule has 1 aromatic rings. The van der Waals surface area contributed by atoms with E-state index in [1.165, 1.54) is 20.1 Å². The van der Waals surface area contributed by atoms with Gasteiger partial charge in [0.2, 0.25) is 5.91 Å². The first-order chi connectivity index (χ1) is 14.4. The number of benzene rings is 1. The summed E-state index contributed by atoms with van der Waals surface area (Å²) in [6.45, 7) is 5.04. The van der Waals surface area contributed by atoms with Crippen molar-refractivity contribution in [2.75, 3.05) is 51.3 Å². The van der Waals surface area contributed by atoms with E-state index in [2.05, 4.69) is 10.2 Å². The van der Waals surface area contributed by atoms with Crippen LogP contribution in [-0.4, -0.2) is 74.2 Å². The fourth-order valence-electron chi connectivity index (χ4n) is 3.73. The number of hydrogen-bond donors (Lipinski definition) is 2. The Balaban J connectivity index is 1.40. The average molecular weight is 419 g/mol. The molecular weight excluding hydrogens is 389 g/mol. The smallest absolute Gasteiger partial charge is 0.219 e. The van der Waals surface area contributed by atoms with Gasteiger partial charge in [0.1, 0.15) is 24.3 Å². The molecule has 0 bridgehead atoms. The number of piperazine rings is 1. The first kappa shape index (κ1) is 22.3. The second-order valence-corrected chi connectivity index (χ2v) is 7.62. The van der Waals surface area contributed by atoms with Gasteiger partial charge in [-0.2, -0.15) is 0 Å². The number of carbonyl (C=O) groups is 1. The minimum atomic E-state index is -0.852. The molecule has 8 heteroatoms. The molecular formula is C22H30FN3O4. The molecule has 2 atom stereocenters. The number of para-hydroxylation sites is 1. The topological polar surface area (TPSA) is 74.3 Å². The number of nitrogens with one attached hydrogen (secondary N) is 1. The number of amides is 1. The molecule has 1 fully saturated rings. The number of anilines is 1. The van der Waals surface area contributed by atoms with E-state index >= 15 is 0 Å². The molecule has 2 aliphatic rings. The third-order valence-corrected chi connectivity index (χ3v) is 5.35. The predicted octanol–water partition coefficient (Wildman–Crippen LogP) is 1.65. The van der Waals surface area contributed by atoms with Crippen molar-refractivity contribution in [3.8, 4) is 0 Å². The van der Waals surface area contributed by atoms with Gasteiger partial charge in [0, 0.05) is 53.2 Å². The third kappa shape index (κ3) is 5.81. The summed E-state index contributed by atoms with van der Waals surface area (Å²) in [5.74, 6) is 0.255. The second kappa shape index (κ2) is 10.1. The zero-order chi connectivity index (χ0) is 21.6. The summed E-state index contributed by atoms with van der Waals surface area (Å²) >= 11 is 0. The Hall–Kier alpha value is -2.42. The molecule has 30 heavy (non-hydrogen) atoms. The molecule has 1 aliphatic heterocycles. The van der Waals surface area contributed by atoms with Gasteiger partial charge in [0.05, 0.1) is 5.69 Å². The first-order valence-corrected chi connectivity index (χ1v) is 10.2. The van der Waals surface area contributed by atoms with Crippen LogP contribution in [0.1, 0.15) is 13.3 Å².